The zero-order chi connectivity index (χ0) is 51.5. The number of alkyl halides is 10. The maximum Gasteiger partial charge on any atom is 0.426 e. The Morgan fingerprint density at radius 2 is 0.704 bits per heavy atom. The predicted octanol–water partition coefficient (Wildman–Crippen LogP) is 12.6. The molecule has 0 saturated carbocycles. The molecule has 0 aromatic heterocycles. The van der Waals surface area contributed by atoms with Gasteiger partial charge < -0.3 is 30.4 Å². The Balaban J connectivity index is 1.12. The van der Waals surface area contributed by atoms with Crippen molar-refractivity contribution in [2.75, 3.05) is 24.7 Å². The normalized spacial score (nSPS) is 12.5. The monoisotopic (exact) mass is 994 g/mol. The quantitative estimate of drug-likeness (QED) is 0.0336. The summed E-state index contributed by atoms with van der Waals surface area (Å²) < 4.78 is 157. The molecule has 0 fully saturated rings. The molecule has 0 radical (unpaired) electrons. The van der Waals surface area contributed by atoms with E-state index in [9.17, 15) is 35.9 Å². The highest BCUT2D eigenvalue weighted by molar-refractivity contribution is 5.87. The van der Waals surface area contributed by atoms with Crippen LogP contribution in [0.4, 0.5) is 55.3 Å². The highest BCUT2D eigenvalue weighted by Gasteiger charge is 2.37. The maximum atomic E-state index is 15.0. The average Bonchev–Trinajstić information content (AvgIpc) is 3.31. The van der Waals surface area contributed by atoms with Crippen LogP contribution in [-0.4, -0.2) is 37.5 Å². The summed E-state index contributed by atoms with van der Waals surface area (Å²) in [6.45, 7) is -0.617. The van der Waals surface area contributed by atoms with Crippen LogP contribution in [0.15, 0.2) is 158 Å². The van der Waals surface area contributed by atoms with E-state index in [2.05, 4.69) is 0 Å². The smallest absolute Gasteiger partial charge is 0.426 e. The van der Waals surface area contributed by atoms with E-state index in [4.69, 9.17) is 30.4 Å². The molecule has 0 unspecified atom stereocenters. The van der Waals surface area contributed by atoms with E-state index in [1.165, 1.54) is 36.4 Å². The van der Waals surface area contributed by atoms with Crippen molar-refractivity contribution in [3.8, 4) is 11.5 Å². The molecule has 0 amide bonds. The number of hydrogen-bond acceptors (Lipinski definition) is 8. The fourth-order valence-corrected chi connectivity index (χ4v) is 7.12. The number of esters is 2. The van der Waals surface area contributed by atoms with Crippen LogP contribution in [0.5, 0.6) is 11.5 Å². The summed E-state index contributed by atoms with van der Waals surface area (Å²) in [4.78, 5) is 26.5. The van der Waals surface area contributed by atoms with Crippen LogP contribution in [0.25, 0.3) is 12.2 Å². The third-order valence-corrected chi connectivity index (χ3v) is 10.6. The Bertz CT molecular complexity index is 2570. The molecule has 4 N–H and O–H groups in total. The molecule has 0 aliphatic heterocycles. The van der Waals surface area contributed by atoms with Crippen molar-refractivity contribution >= 4 is 35.5 Å². The van der Waals surface area contributed by atoms with Gasteiger partial charge in [-0.25, -0.2) is 9.59 Å². The van der Waals surface area contributed by atoms with Gasteiger partial charge in [0.25, 0.3) is 0 Å². The first-order valence-electron chi connectivity index (χ1n) is 21.5. The number of carbonyl (C=O) groups is 2. The summed E-state index contributed by atoms with van der Waals surface area (Å²) in [6.07, 6.45) is -14.0. The number of nitrogen functional groups attached to an aromatic ring is 2. The van der Waals surface area contributed by atoms with E-state index in [-0.39, 0.29) is 48.7 Å². The Hall–Kier alpha value is -7.76. The number of anilines is 2. The first-order chi connectivity index (χ1) is 33.4. The lowest BCUT2D eigenvalue weighted by atomic mass is 9.77. The van der Waals surface area contributed by atoms with E-state index in [1.54, 1.807) is 48.5 Å². The van der Waals surface area contributed by atoms with Crippen molar-refractivity contribution in [1.29, 1.82) is 0 Å². The molecular formula is C53H44F10N2O6. The molecule has 372 valence electrons. The number of ether oxygens (including phenoxy) is 4. The molecule has 8 nitrogen and oxygen atoms in total. The number of benzene rings is 6. The van der Waals surface area contributed by atoms with Gasteiger partial charge in [-0.05, 0) is 131 Å². The Morgan fingerprint density at radius 3 is 1.01 bits per heavy atom. The number of halogens is 10. The lowest BCUT2D eigenvalue weighted by Gasteiger charge is -2.33. The lowest BCUT2D eigenvalue weighted by molar-refractivity contribution is -0.186. The van der Waals surface area contributed by atoms with E-state index in [0.717, 1.165) is 96.1 Å². The molecule has 6 aromatic carbocycles. The van der Waals surface area contributed by atoms with Crippen molar-refractivity contribution in [3.63, 3.8) is 0 Å². The molecule has 71 heavy (non-hydrogen) atoms. The molecule has 0 atom stereocenters. The first-order valence-corrected chi connectivity index (χ1v) is 21.5. The Kier molecular flexibility index (Phi) is 16.5. The van der Waals surface area contributed by atoms with E-state index < -0.39 is 65.9 Å². The average molecular weight is 995 g/mol. The van der Waals surface area contributed by atoms with Crippen molar-refractivity contribution < 1.29 is 72.4 Å². The summed E-state index contributed by atoms with van der Waals surface area (Å²) in [6, 6.07) is 31.3. The van der Waals surface area contributed by atoms with E-state index in [1.807, 2.05) is 0 Å². The minimum atomic E-state index is -4.47. The van der Waals surface area contributed by atoms with Crippen molar-refractivity contribution in [2.24, 2.45) is 5.41 Å². The van der Waals surface area contributed by atoms with Gasteiger partial charge in [-0.15, -0.1) is 0 Å². The van der Waals surface area contributed by atoms with Gasteiger partial charge in [0.15, 0.2) is 0 Å². The lowest BCUT2D eigenvalue weighted by Crippen LogP contribution is -2.38. The molecule has 0 aliphatic rings. The first kappa shape index (κ1) is 52.6. The molecule has 6 rings (SSSR count). The van der Waals surface area contributed by atoms with Crippen LogP contribution in [0.1, 0.15) is 44.5 Å². The van der Waals surface area contributed by atoms with E-state index >= 15 is 17.6 Å². The van der Waals surface area contributed by atoms with Gasteiger partial charge in [-0.2, -0.15) is 43.9 Å². The molecule has 0 aliphatic carbocycles. The number of rotatable bonds is 20. The minimum absolute atomic E-state index is 0.126. The van der Waals surface area contributed by atoms with Crippen molar-refractivity contribution in [1.82, 2.24) is 0 Å². The maximum absolute atomic E-state index is 15.0. The van der Waals surface area contributed by atoms with Crippen molar-refractivity contribution in [2.45, 2.75) is 50.3 Å². The van der Waals surface area contributed by atoms with Gasteiger partial charge in [0.2, 0.25) is 0 Å². The Morgan fingerprint density at radius 1 is 0.408 bits per heavy atom. The highest BCUT2D eigenvalue weighted by Crippen LogP contribution is 2.35. The number of nitrogens with two attached hydrogens (primary N) is 2. The second-order valence-electron chi connectivity index (χ2n) is 16.6. The van der Waals surface area contributed by atoms with Gasteiger partial charge in [0, 0.05) is 28.9 Å². The van der Waals surface area contributed by atoms with Gasteiger partial charge in [0.1, 0.15) is 24.7 Å². The zero-order valence-corrected chi connectivity index (χ0v) is 37.3. The number of hydrogen-bond donors (Lipinski definition) is 2. The van der Waals surface area contributed by atoms with Crippen LogP contribution in [0, 0.1) is 5.41 Å². The third-order valence-electron chi connectivity index (χ3n) is 10.6. The summed E-state index contributed by atoms with van der Waals surface area (Å²) in [5, 5.41) is 0. The van der Waals surface area contributed by atoms with Crippen LogP contribution < -0.4 is 20.9 Å². The molecule has 18 heteroatoms. The molecule has 0 spiro atoms. The molecule has 0 saturated heterocycles. The minimum Gasteiger partial charge on any atom is -0.462 e. The van der Waals surface area contributed by atoms with E-state index in [0.29, 0.717) is 22.5 Å². The SMILES string of the molecule is Nc1ccc(CC(COC(=O)/C=C/c2ccc(C(F)(F)Oc3ccc(CC(F)(F)F)cc3)cc2)(COC(=O)/C=C/c2ccc(C(F)(F)Oc3ccc(CC(F)(F)F)cc3)cc2)Cc2ccc(N)cc2)cc1. The van der Waals surface area contributed by atoms with Gasteiger partial charge in [-0.3, -0.25) is 0 Å². The highest BCUT2D eigenvalue weighted by atomic mass is 19.4. The largest absolute Gasteiger partial charge is 0.462 e. The summed E-state index contributed by atoms with van der Waals surface area (Å²) in [5.41, 5.74) is 12.4. The van der Waals surface area contributed by atoms with Crippen molar-refractivity contribution in [3.05, 3.63) is 202 Å². The van der Waals surface area contributed by atoms with Gasteiger partial charge in [-0.1, -0.05) is 72.8 Å². The van der Waals surface area contributed by atoms with Crippen LogP contribution >= 0.6 is 0 Å². The number of carbonyl (C=O) groups excluding carboxylic acids is 2. The van der Waals surface area contributed by atoms with Gasteiger partial charge in [0.05, 0.1) is 24.0 Å². The zero-order valence-electron chi connectivity index (χ0n) is 37.3. The predicted molar refractivity (Wildman–Crippen MR) is 246 cm³/mol. The molecule has 0 heterocycles. The van der Waals surface area contributed by atoms with Crippen LogP contribution in [0.3, 0.4) is 0 Å². The van der Waals surface area contributed by atoms with Gasteiger partial charge >= 0.3 is 36.5 Å². The molecule has 6 aromatic rings. The fourth-order valence-electron chi connectivity index (χ4n) is 7.12. The second-order valence-corrected chi connectivity index (χ2v) is 16.6. The summed E-state index contributed by atoms with van der Waals surface area (Å²) in [7, 11) is 0. The summed E-state index contributed by atoms with van der Waals surface area (Å²) >= 11 is 0. The van der Waals surface area contributed by atoms with Crippen LogP contribution in [-0.2, 0) is 57.0 Å². The summed E-state index contributed by atoms with van der Waals surface area (Å²) in [5.74, 6) is -2.38. The molecule has 0 bridgehead atoms. The topological polar surface area (TPSA) is 123 Å². The second kappa shape index (κ2) is 22.3. The third kappa shape index (κ3) is 16.7. The fraction of sp³-hybridized carbons (Fsp3) is 0.208. The van der Waals surface area contributed by atoms with Crippen LogP contribution in [0.2, 0.25) is 0 Å². The Labute approximate surface area is 401 Å². The molecular weight excluding hydrogens is 951 g/mol. The standard InChI is InChI=1S/C53H44F10N2O6/c54-50(55,56)31-39-9-23-45(24-10-39)70-52(60,61)41-15-1-35(2-16-41)13-27-47(66)68-33-49(29-37-5-19-43(64)20-6-37,30-38-7-21-44(65)22-8-38)34-69-48(67)28-14-36-3-17-42(18-4-36)53(62,63)71-46-25-11-40(12-26-46)32-51(57,58)59/h1-28H,29-34,64-65H2/b27-13+,28-14+.